The number of rotatable bonds is 5. The molecule has 148 valence electrons. The predicted octanol–water partition coefficient (Wildman–Crippen LogP) is 3.82. The van der Waals surface area contributed by atoms with Gasteiger partial charge in [0.1, 0.15) is 5.75 Å². The van der Waals surface area contributed by atoms with E-state index in [-0.39, 0.29) is 24.2 Å². The lowest BCUT2D eigenvalue weighted by atomic mass is 9.86. The number of fused-ring (bicyclic) bond motifs is 1. The first-order valence-electron chi connectivity index (χ1n) is 10.6. The lowest BCUT2D eigenvalue weighted by Gasteiger charge is -2.39. The summed E-state index contributed by atoms with van der Waals surface area (Å²) in [5, 5.41) is 3.19. The normalized spacial score (nSPS) is 30.2. The molecule has 1 amide bonds. The Morgan fingerprint density at radius 1 is 1.26 bits per heavy atom. The lowest BCUT2D eigenvalue weighted by molar-refractivity contribution is -0.124. The number of ether oxygens (including phenoxy) is 2. The van der Waals surface area contributed by atoms with Gasteiger partial charge in [-0.05, 0) is 56.7 Å². The minimum absolute atomic E-state index is 0.0213. The fourth-order valence-corrected chi connectivity index (χ4v) is 5.12. The average Bonchev–Trinajstić information content (AvgIpc) is 3.33. The Bertz CT molecular complexity index is 672. The summed E-state index contributed by atoms with van der Waals surface area (Å²) in [5.74, 6) is 1.48. The topological polar surface area (TPSA) is 50.8 Å². The summed E-state index contributed by atoms with van der Waals surface area (Å²) in [6, 6.07) is 6.77. The first-order valence-corrected chi connectivity index (χ1v) is 10.6. The van der Waals surface area contributed by atoms with Crippen molar-refractivity contribution < 1.29 is 14.3 Å². The van der Waals surface area contributed by atoms with Gasteiger partial charge in [0, 0.05) is 32.0 Å². The Morgan fingerprint density at radius 3 is 2.81 bits per heavy atom. The van der Waals surface area contributed by atoms with Gasteiger partial charge in [0.2, 0.25) is 5.91 Å². The van der Waals surface area contributed by atoms with Crippen LogP contribution in [-0.4, -0.2) is 37.7 Å². The smallest absolute Gasteiger partial charge is 0.217 e. The Morgan fingerprint density at radius 2 is 2.07 bits per heavy atom. The SMILES string of the molecule is CCOc1cc([C@H]2C[C@@H](NC(C)=O)[C@@H]3CCC[C@H]3O2)ccc1N1CCCC1. The average molecular weight is 373 g/mol. The molecular formula is C22H32N2O3. The maximum Gasteiger partial charge on any atom is 0.217 e. The van der Waals surface area contributed by atoms with Crippen molar-refractivity contribution in [3.63, 3.8) is 0 Å². The van der Waals surface area contributed by atoms with Gasteiger partial charge in [-0.1, -0.05) is 12.5 Å². The number of benzene rings is 1. The van der Waals surface area contributed by atoms with E-state index in [0.29, 0.717) is 12.5 Å². The molecule has 0 unspecified atom stereocenters. The zero-order valence-corrected chi connectivity index (χ0v) is 16.6. The van der Waals surface area contributed by atoms with E-state index in [1.807, 2.05) is 6.92 Å². The quantitative estimate of drug-likeness (QED) is 0.854. The number of carbonyl (C=O) groups excluding carboxylic acids is 1. The molecule has 5 nitrogen and oxygen atoms in total. The number of hydrogen-bond acceptors (Lipinski definition) is 4. The summed E-state index contributed by atoms with van der Waals surface area (Å²) in [7, 11) is 0. The number of hydrogen-bond donors (Lipinski definition) is 1. The van der Waals surface area contributed by atoms with Crippen molar-refractivity contribution in [3.05, 3.63) is 23.8 Å². The first kappa shape index (κ1) is 18.6. The van der Waals surface area contributed by atoms with E-state index in [9.17, 15) is 4.79 Å². The van der Waals surface area contributed by atoms with Gasteiger partial charge in [-0.2, -0.15) is 0 Å². The van der Waals surface area contributed by atoms with Crippen LogP contribution < -0.4 is 15.0 Å². The molecule has 1 aliphatic carbocycles. The van der Waals surface area contributed by atoms with Gasteiger partial charge in [0.25, 0.3) is 0 Å². The summed E-state index contributed by atoms with van der Waals surface area (Å²) in [5.41, 5.74) is 2.37. The van der Waals surface area contributed by atoms with E-state index in [1.165, 1.54) is 30.5 Å². The molecule has 1 aromatic carbocycles. The molecule has 2 heterocycles. The fourth-order valence-electron chi connectivity index (χ4n) is 5.12. The maximum absolute atomic E-state index is 11.7. The zero-order chi connectivity index (χ0) is 18.8. The van der Waals surface area contributed by atoms with Crippen LogP contribution in [0.4, 0.5) is 5.69 Å². The molecule has 2 saturated heterocycles. The van der Waals surface area contributed by atoms with Gasteiger partial charge in [-0.25, -0.2) is 0 Å². The minimum Gasteiger partial charge on any atom is -0.492 e. The molecule has 4 rings (SSSR count). The van der Waals surface area contributed by atoms with Crippen LogP contribution in [0.2, 0.25) is 0 Å². The van der Waals surface area contributed by atoms with Gasteiger partial charge in [0.15, 0.2) is 0 Å². The summed E-state index contributed by atoms with van der Waals surface area (Å²) in [6.07, 6.45) is 7.07. The molecule has 1 saturated carbocycles. The van der Waals surface area contributed by atoms with Crippen LogP contribution >= 0.6 is 0 Å². The fraction of sp³-hybridized carbons (Fsp3) is 0.682. The Kier molecular flexibility index (Phi) is 5.58. The molecule has 0 bridgehead atoms. The monoisotopic (exact) mass is 372 g/mol. The highest BCUT2D eigenvalue weighted by Crippen LogP contribution is 2.44. The molecule has 27 heavy (non-hydrogen) atoms. The van der Waals surface area contributed by atoms with Crippen LogP contribution in [-0.2, 0) is 9.53 Å². The summed E-state index contributed by atoms with van der Waals surface area (Å²) < 4.78 is 12.5. The van der Waals surface area contributed by atoms with Crippen molar-refractivity contribution in [2.24, 2.45) is 5.92 Å². The minimum atomic E-state index is 0.0213. The second kappa shape index (κ2) is 8.09. The highest BCUT2D eigenvalue weighted by atomic mass is 16.5. The van der Waals surface area contributed by atoms with Crippen molar-refractivity contribution in [2.45, 2.75) is 70.6 Å². The predicted molar refractivity (Wildman–Crippen MR) is 106 cm³/mol. The highest BCUT2D eigenvalue weighted by molar-refractivity contribution is 5.73. The van der Waals surface area contributed by atoms with Crippen molar-refractivity contribution in [1.29, 1.82) is 0 Å². The number of carbonyl (C=O) groups is 1. The molecule has 0 radical (unpaired) electrons. The largest absolute Gasteiger partial charge is 0.492 e. The van der Waals surface area contributed by atoms with Crippen LogP contribution in [0.3, 0.4) is 0 Å². The van der Waals surface area contributed by atoms with Gasteiger partial charge in [-0.15, -0.1) is 0 Å². The lowest BCUT2D eigenvalue weighted by Crippen LogP contribution is -2.47. The standard InChI is InChI=1S/C22H32N2O3/c1-3-26-22-13-16(9-10-19(22)24-11-4-5-12-24)21-14-18(23-15(2)25)17-7-6-8-20(17)27-21/h9-10,13,17-18,20-21H,3-8,11-12,14H2,1-2H3,(H,23,25)/t17-,18+,20+,21+/m0/s1. The van der Waals surface area contributed by atoms with Gasteiger partial charge < -0.3 is 19.7 Å². The summed E-state index contributed by atoms with van der Waals surface area (Å²) >= 11 is 0. The van der Waals surface area contributed by atoms with E-state index in [4.69, 9.17) is 9.47 Å². The summed E-state index contributed by atoms with van der Waals surface area (Å²) in [6.45, 7) is 6.52. The molecule has 0 aromatic heterocycles. The third kappa shape index (κ3) is 3.93. The van der Waals surface area contributed by atoms with Gasteiger partial charge >= 0.3 is 0 Å². The van der Waals surface area contributed by atoms with Crippen LogP contribution in [0.5, 0.6) is 5.75 Å². The van der Waals surface area contributed by atoms with E-state index < -0.39 is 0 Å². The van der Waals surface area contributed by atoms with Crippen molar-refractivity contribution >= 4 is 11.6 Å². The van der Waals surface area contributed by atoms with Crippen LogP contribution in [0, 0.1) is 5.92 Å². The van der Waals surface area contributed by atoms with Crippen molar-refractivity contribution in [2.75, 3.05) is 24.6 Å². The molecule has 1 N–H and O–H groups in total. The van der Waals surface area contributed by atoms with E-state index >= 15 is 0 Å². The third-order valence-corrected chi connectivity index (χ3v) is 6.32. The Hall–Kier alpha value is -1.75. The molecule has 3 fully saturated rings. The van der Waals surface area contributed by atoms with Gasteiger partial charge in [0.05, 0.1) is 24.5 Å². The van der Waals surface area contributed by atoms with Crippen LogP contribution in [0.1, 0.15) is 64.0 Å². The molecule has 3 aliphatic rings. The molecule has 0 spiro atoms. The van der Waals surface area contributed by atoms with Gasteiger partial charge in [-0.3, -0.25) is 4.79 Å². The number of amides is 1. The van der Waals surface area contributed by atoms with Crippen LogP contribution in [0.25, 0.3) is 0 Å². The molecule has 2 aliphatic heterocycles. The van der Waals surface area contributed by atoms with Crippen molar-refractivity contribution in [3.8, 4) is 5.75 Å². The second-order valence-electron chi connectivity index (χ2n) is 8.15. The van der Waals surface area contributed by atoms with Crippen molar-refractivity contribution in [1.82, 2.24) is 5.32 Å². The maximum atomic E-state index is 11.7. The zero-order valence-electron chi connectivity index (χ0n) is 16.6. The number of nitrogens with zero attached hydrogens (tertiary/aromatic N) is 1. The Labute approximate surface area is 162 Å². The second-order valence-corrected chi connectivity index (χ2v) is 8.15. The number of nitrogens with one attached hydrogen (secondary N) is 1. The third-order valence-electron chi connectivity index (χ3n) is 6.32. The molecular weight excluding hydrogens is 340 g/mol. The van der Waals surface area contributed by atoms with Crippen LogP contribution in [0.15, 0.2) is 18.2 Å². The first-order chi connectivity index (χ1) is 13.2. The Balaban J connectivity index is 1.57. The molecule has 5 heteroatoms. The number of anilines is 1. The van der Waals surface area contributed by atoms with E-state index in [2.05, 4.69) is 28.4 Å². The molecule has 1 aromatic rings. The summed E-state index contributed by atoms with van der Waals surface area (Å²) in [4.78, 5) is 14.1. The molecule has 4 atom stereocenters. The highest BCUT2D eigenvalue weighted by Gasteiger charge is 2.42. The van der Waals surface area contributed by atoms with E-state index in [1.54, 1.807) is 6.92 Å². The van der Waals surface area contributed by atoms with E-state index in [0.717, 1.165) is 38.1 Å².